The van der Waals surface area contributed by atoms with Gasteiger partial charge in [-0.1, -0.05) is 72.1 Å². The molecule has 0 spiro atoms. The highest BCUT2D eigenvalue weighted by Gasteiger charge is 2.36. The number of ether oxygens (including phenoxy) is 1. The van der Waals surface area contributed by atoms with Gasteiger partial charge in [0.15, 0.2) is 6.54 Å². The van der Waals surface area contributed by atoms with Gasteiger partial charge in [0.05, 0.1) is 20.6 Å². The highest BCUT2D eigenvalue weighted by molar-refractivity contribution is 5.75. The van der Waals surface area contributed by atoms with Gasteiger partial charge in [-0.3, -0.25) is 4.79 Å². The normalized spacial score (nSPS) is 21.0. The Kier molecular flexibility index (Phi) is 15.1. The molecular formula is C29H57N2O3+. The average molecular weight is 482 g/mol. The number of unbranched alkanes of at least 4 members (excludes halogenated alkanes) is 8. The largest absolute Gasteiger partial charge is 0.455 e. The molecule has 200 valence electrons. The van der Waals surface area contributed by atoms with Gasteiger partial charge in [-0.25, -0.2) is 4.79 Å². The van der Waals surface area contributed by atoms with Gasteiger partial charge >= 0.3 is 5.97 Å². The quantitative estimate of drug-likeness (QED) is 0.136. The summed E-state index contributed by atoms with van der Waals surface area (Å²) in [5, 5.41) is 3.05. The van der Waals surface area contributed by atoms with E-state index in [0.29, 0.717) is 29.9 Å². The lowest BCUT2D eigenvalue weighted by Crippen LogP contribution is -2.48. The Morgan fingerprint density at radius 2 is 1.50 bits per heavy atom. The number of hydrogen-bond donors (Lipinski definition) is 1. The third-order valence-electron chi connectivity index (χ3n) is 7.72. The summed E-state index contributed by atoms with van der Waals surface area (Å²) in [5.74, 6) is 1.54. The maximum atomic E-state index is 12.6. The van der Waals surface area contributed by atoms with Crippen molar-refractivity contribution in [1.82, 2.24) is 5.32 Å². The standard InChI is InChI=1S/C29H56N2O3/c1-7-8-9-10-11-12-13-14-15-17-27(32)30-22-16-23-31(5,6)24-28(33)34-29(4)20-18-26(19-21-29)25(2)3/h25-26H,7-24H2,1-6H3/p+1. The zero-order chi connectivity index (χ0) is 25.5. The summed E-state index contributed by atoms with van der Waals surface area (Å²) in [5.41, 5.74) is -0.300. The summed E-state index contributed by atoms with van der Waals surface area (Å²) in [7, 11) is 4.15. The van der Waals surface area contributed by atoms with E-state index in [9.17, 15) is 9.59 Å². The van der Waals surface area contributed by atoms with Crippen LogP contribution in [0, 0.1) is 11.8 Å². The van der Waals surface area contributed by atoms with Crippen LogP contribution in [0.2, 0.25) is 0 Å². The maximum Gasteiger partial charge on any atom is 0.362 e. The summed E-state index contributed by atoms with van der Waals surface area (Å²) >= 11 is 0. The molecule has 0 aliphatic heterocycles. The van der Waals surface area contributed by atoms with Crippen molar-refractivity contribution in [3.8, 4) is 0 Å². The van der Waals surface area contributed by atoms with Crippen LogP contribution in [0.1, 0.15) is 124 Å². The number of esters is 1. The number of carbonyl (C=O) groups is 2. The van der Waals surface area contributed by atoms with E-state index in [1.54, 1.807) is 0 Å². The summed E-state index contributed by atoms with van der Waals surface area (Å²) in [6.45, 7) is 10.8. The van der Waals surface area contributed by atoms with Gasteiger partial charge in [0.25, 0.3) is 0 Å². The van der Waals surface area contributed by atoms with E-state index in [1.807, 2.05) is 0 Å². The topological polar surface area (TPSA) is 55.4 Å². The fourth-order valence-corrected chi connectivity index (χ4v) is 5.17. The molecule has 0 radical (unpaired) electrons. The molecule has 0 aromatic heterocycles. The maximum absolute atomic E-state index is 12.6. The van der Waals surface area contributed by atoms with E-state index in [1.165, 1.54) is 44.9 Å². The number of hydrogen-bond acceptors (Lipinski definition) is 3. The second kappa shape index (κ2) is 16.5. The Hall–Kier alpha value is -1.10. The van der Waals surface area contributed by atoms with Crippen molar-refractivity contribution in [2.75, 3.05) is 33.7 Å². The predicted molar refractivity (Wildman–Crippen MR) is 143 cm³/mol. The van der Waals surface area contributed by atoms with E-state index in [4.69, 9.17) is 4.74 Å². The Morgan fingerprint density at radius 3 is 2.06 bits per heavy atom. The molecule has 1 amide bonds. The predicted octanol–water partition coefficient (Wildman–Crippen LogP) is 6.64. The van der Waals surface area contributed by atoms with Crippen molar-refractivity contribution in [3.63, 3.8) is 0 Å². The number of quaternary nitrogens is 1. The number of rotatable bonds is 18. The van der Waals surface area contributed by atoms with E-state index >= 15 is 0 Å². The molecule has 0 heterocycles. The van der Waals surface area contributed by atoms with E-state index in [2.05, 4.69) is 47.1 Å². The molecule has 5 heteroatoms. The van der Waals surface area contributed by atoms with Gasteiger partial charge < -0.3 is 14.5 Å². The number of amides is 1. The van der Waals surface area contributed by atoms with Crippen LogP contribution in [0.3, 0.4) is 0 Å². The Balaban J connectivity index is 2.10. The molecule has 0 saturated heterocycles. The Labute approximate surface area is 211 Å². The van der Waals surface area contributed by atoms with E-state index in [-0.39, 0.29) is 17.5 Å². The third kappa shape index (κ3) is 14.3. The summed E-state index contributed by atoms with van der Waals surface area (Å²) < 4.78 is 6.55. The number of nitrogens with zero attached hydrogens (tertiary/aromatic N) is 1. The minimum absolute atomic E-state index is 0.0927. The summed E-state index contributed by atoms with van der Waals surface area (Å²) in [4.78, 5) is 24.7. The fraction of sp³-hybridized carbons (Fsp3) is 0.931. The number of likely N-dealkylation sites (N-methyl/N-ethyl adjacent to an activating group) is 1. The molecule has 34 heavy (non-hydrogen) atoms. The zero-order valence-corrected chi connectivity index (χ0v) is 23.6. The molecule has 5 nitrogen and oxygen atoms in total. The Bertz CT molecular complexity index is 566. The molecule has 0 aromatic rings. The van der Waals surface area contributed by atoms with Crippen molar-refractivity contribution in [2.24, 2.45) is 11.8 Å². The molecule has 1 saturated carbocycles. The molecule has 1 rings (SSSR count). The van der Waals surface area contributed by atoms with Crippen molar-refractivity contribution < 1.29 is 18.8 Å². The van der Waals surface area contributed by atoms with Crippen molar-refractivity contribution in [1.29, 1.82) is 0 Å². The molecule has 1 fully saturated rings. The van der Waals surface area contributed by atoms with Crippen LogP contribution in [-0.4, -0.2) is 55.7 Å². The molecule has 0 atom stereocenters. The van der Waals surface area contributed by atoms with Gasteiger partial charge in [0, 0.05) is 19.4 Å². The first kappa shape index (κ1) is 30.9. The van der Waals surface area contributed by atoms with Crippen molar-refractivity contribution in [3.05, 3.63) is 0 Å². The highest BCUT2D eigenvalue weighted by atomic mass is 16.6. The number of nitrogens with one attached hydrogen (secondary N) is 1. The minimum Gasteiger partial charge on any atom is -0.455 e. The average Bonchev–Trinajstić information content (AvgIpc) is 2.75. The van der Waals surface area contributed by atoms with Crippen LogP contribution < -0.4 is 5.32 Å². The van der Waals surface area contributed by atoms with Crippen LogP contribution >= 0.6 is 0 Å². The monoisotopic (exact) mass is 481 g/mol. The van der Waals surface area contributed by atoms with Crippen LogP contribution in [0.15, 0.2) is 0 Å². The van der Waals surface area contributed by atoms with E-state index in [0.717, 1.165) is 57.4 Å². The second-order valence-electron chi connectivity index (χ2n) is 12.1. The van der Waals surface area contributed by atoms with Crippen molar-refractivity contribution >= 4 is 11.9 Å². The lowest BCUT2D eigenvalue weighted by molar-refractivity contribution is -0.883. The van der Waals surface area contributed by atoms with Gasteiger partial charge in [0.1, 0.15) is 5.60 Å². The molecular weight excluding hydrogens is 424 g/mol. The number of carbonyl (C=O) groups excluding carboxylic acids is 2. The van der Waals surface area contributed by atoms with E-state index < -0.39 is 0 Å². The van der Waals surface area contributed by atoms with Gasteiger partial charge in [-0.15, -0.1) is 0 Å². The zero-order valence-electron chi connectivity index (χ0n) is 23.6. The first-order valence-corrected chi connectivity index (χ1v) is 14.4. The summed E-state index contributed by atoms with van der Waals surface area (Å²) in [6.07, 6.45) is 17.2. The highest BCUT2D eigenvalue weighted by Crippen LogP contribution is 2.37. The van der Waals surface area contributed by atoms with Crippen LogP contribution in [0.4, 0.5) is 0 Å². The van der Waals surface area contributed by atoms with Crippen LogP contribution in [-0.2, 0) is 14.3 Å². The molecule has 0 unspecified atom stereocenters. The first-order chi connectivity index (χ1) is 16.1. The first-order valence-electron chi connectivity index (χ1n) is 14.4. The molecule has 1 aliphatic rings. The lowest BCUT2D eigenvalue weighted by Gasteiger charge is -2.39. The molecule has 1 N–H and O–H groups in total. The Morgan fingerprint density at radius 1 is 0.941 bits per heavy atom. The fourth-order valence-electron chi connectivity index (χ4n) is 5.17. The van der Waals surface area contributed by atoms with Gasteiger partial charge in [-0.2, -0.15) is 0 Å². The van der Waals surface area contributed by atoms with Crippen LogP contribution in [0.5, 0.6) is 0 Å². The van der Waals surface area contributed by atoms with Crippen molar-refractivity contribution in [2.45, 2.75) is 130 Å². The smallest absolute Gasteiger partial charge is 0.362 e. The SMILES string of the molecule is CCCCCCCCCCCC(=O)NCCC[N+](C)(C)CC(=O)OC1(C)CCC(C(C)C)CC1. The second-order valence-corrected chi connectivity index (χ2v) is 12.1. The van der Waals surface area contributed by atoms with Crippen LogP contribution in [0.25, 0.3) is 0 Å². The molecule has 0 aromatic carbocycles. The van der Waals surface area contributed by atoms with Gasteiger partial charge in [-0.05, 0) is 50.9 Å². The molecule has 0 bridgehead atoms. The summed E-state index contributed by atoms with van der Waals surface area (Å²) in [6, 6.07) is 0. The minimum atomic E-state index is -0.300. The van der Waals surface area contributed by atoms with Gasteiger partial charge in [0.2, 0.25) is 5.91 Å². The lowest BCUT2D eigenvalue weighted by atomic mass is 9.75. The third-order valence-corrected chi connectivity index (χ3v) is 7.72. The molecule has 1 aliphatic carbocycles.